The molecule has 2 aliphatic heterocycles. The van der Waals surface area contributed by atoms with Crippen LogP contribution in [0.1, 0.15) is 53.9 Å². The van der Waals surface area contributed by atoms with Crippen LogP contribution in [-0.2, 0) is 0 Å². The second kappa shape index (κ2) is 5.73. The summed E-state index contributed by atoms with van der Waals surface area (Å²) in [4.78, 5) is 5.36. The SMILES string of the molecule is CC(C)CN1CCC2(CC1)CN(CCC(C)(C)C)C2. The van der Waals surface area contributed by atoms with E-state index in [0.717, 1.165) is 5.92 Å². The van der Waals surface area contributed by atoms with Crippen molar-refractivity contribution in [1.82, 2.24) is 9.80 Å². The molecule has 0 saturated carbocycles. The van der Waals surface area contributed by atoms with E-state index >= 15 is 0 Å². The van der Waals surface area contributed by atoms with Crippen LogP contribution in [0.3, 0.4) is 0 Å². The molecule has 2 heteroatoms. The molecule has 0 amide bonds. The molecule has 0 aromatic carbocycles. The molecule has 0 bridgehead atoms. The number of hydrogen-bond donors (Lipinski definition) is 0. The van der Waals surface area contributed by atoms with E-state index in [1.165, 1.54) is 58.5 Å². The fraction of sp³-hybridized carbons (Fsp3) is 1.00. The van der Waals surface area contributed by atoms with Crippen LogP contribution in [0.2, 0.25) is 0 Å². The Labute approximate surface area is 120 Å². The standard InChI is InChI=1S/C17H34N2/c1-15(2)12-18-10-7-17(8-11-18)13-19(14-17)9-6-16(3,4)5/h15H,6-14H2,1-5H3. The van der Waals surface area contributed by atoms with Gasteiger partial charge in [-0.05, 0) is 55.6 Å². The van der Waals surface area contributed by atoms with E-state index in [2.05, 4.69) is 44.4 Å². The van der Waals surface area contributed by atoms with Gasteiger partial charge in [0.25, 0.3) is 0 Å². The molecule has 112 valence electrons. The second-order valence-electron chi connectivity index (χ2n) is 8.72. The second-order valence-corrected chi connectivity index (χ2v) is 8.72. The summed E-state index contributed by atoms with van der Waals surface area (Å²) >= 11 is 0. The van der Waals surface area contributed by atoms with Crippen molar-refractivity contribution in [2.75, 3.05) is 39.3 Å². The third kappa shape index (κ3) is 4.46. The minimum Gasteiger partial charge on any atom is -0.303 e. The van der Waals surface area contributed by atoms with E-state index in [9.17, 15) is 0 Å². The average molecular weight is 266 g/mol. The zero-order valence-corrected chi connectivity index (χ0v) is 13.8. The van der Waals surface area contributed by atoms with Crippen LogP contribution >= 0.6 is 0 Å². The van der Waals surface area contributed by atoms with E-state index in [1.54, 1.807) is 0 Å². The summed E-state index contributed by atoms with van der Waals surface area (Å²) in [6, 6.07) is 0. The Morgan fingerprint density at radius 2 is 1.58 bits per heavy atom. The number of rotatable bonds is 4. The third-order valence-electron chi connectivity index (χ3n) is 4.84. The highest BCUT2D eigenvalue weighted by atomic mass is 15.2. The summed E-state index contributed by atoms with van der Waals surface area (Å²) in [5.74, 6) is 0.818. The van der Waals surface area contributed by atoms with Crippen LogP contribution in [0.15, 0.2) is 0 Å². The van der Waals surface area contributed by atoms with Gasteiger partial charge in [0.05, 0.1) is 0 Å². The molecule has 0 atom stereocenters. The Morgan fingerprint density at radius 3 is 2.05 bits per heavy atom. The van der Waals surface area contributed by atoms with Crippen LogP contribution in [0.4, 0.5) is 0 Å². The van der Waals surface area contributed by atoms with Gasteiger partial charge < -0.3 is 9.80 Å². The maximum atomic E-state index is 2.68. The van der Waals surface area contributed by atoms with Gasteiger partial charge in [-0.3, -0.25) is 0 Å². The first kappa shape index (κ1) is 15.3. The molecule has 2 aliphatic rings. The van der Waals surface area contributed by atoms with E-state index < -0.39 is 0 Å². The first-order valence-electron chi connectivity index (χ1n) is 8.23. The molecule has 0 aromatic heterocycles. The molecule has 2 rings (SSSR count). The van der Waals surface area contributed by atoms with Gasteiger partial charge in [-0.1, -0.05) is 34.6 Å². The van der Waals surface area contributed by atoms with Gasteiger partial charge in [0.2, 0.25) is 0 Å². The number of piperidine rings is 1. The van der Waals surface area contributed by atoms with Gasteiger partial charge in [0.1, 0.15) is 0 Å². The first-order chi connectivity index (χ1) is 8.78. The maximum absolute atomic E-state index is 2.68. The monoisotopic (exact) mass is 266 g/mol. The molecule has 0 aliphatic carbocycles. The minimum atomic E-state index is 0.489. The average Bonchev–Trinajstić information content (AvgIpc) is 2.23. The lowest BCUT2D eigenvalue weighted by molar-refractivity contribution is -0.0513. The molecule has 19 heavy (non-hydrogen) atoms. The number of likely N-dealkylation sites (tertiary alicyclic amines) is 2. The van der Waals surface area contributed by atoms with Crippen molar-refractivity contribution in [3.05, 3.63) is 0 Å². The Bertz CT molecular complexity index is 274. The zero-order valence-electron chi connectivity index (χ0n) is 13.8. The summed E-state index contributed by atoms with van der Waals surface area (Å²) < 4.78 is 0. The quantitative estimate of drug-likeness (QED) is 0.769. The van der Waals surface area contributed by atoms with E-state index in [-0.39, 0.29) is 0 Å². The van der Waals surface area contributed by atoms with Crippen molar-refractivity contribution >= 4 is 0 Å². The van der Waals surface area contributed by atoms with Crippen molar-refractivity contribution in [2.24, 2.45) is 16.7 Å². The van der Waals surface area contributed by atoms with Gasteiger partial charge >= 0.3 is 0 Å². The largest absolute Gasteiger partial charge is 0.303 e. The Morgan fingerprint density at radius 1 is 1.00 bits per heavy atom. The minimum absolute atomic E-state index is 0.489. The van der Waals surface area contributed by atoms with E-state index in [4.69, 9.17) is 0 Å². The lowest BCUT2D eigenvalue weighted by Crippen LogP contribution is -2.60. The van der Waals surface area contributed by atoms with Crippen LogP contribution in [-0.4, -0.2) is 49.1 Å². The predicted octanol–water partition coefficient (Wildman–Crippen LogP) is 3.48. The van der Waals surface area contributed by atoms with Crippen molar-refractivity contribution in [1.29, 1.82) is 0 Å². The van der Waals surface area contributed by atoms with E-state index in [0.29, 0.717) is 10.8 Å². The van der Waals surface area contributed by atoms with Crippen molar-refractivity contribution < 1.29 is 0 Å². The van der Waals surface area contributed by atoms with Crippen LogP contribution in [0.5, 0.6) is 0 Å². The Hall–Kier alpha value is -0.0800. The van der Waals surface area contributed by atoms with Crippen molar-refractivity contribution in [3.8, 4) is 0 Å². The highest BCUT2D eigenvalue weighted by Gasteiger charge is 2.44. The molecule has 0 N–H and O–H groups in total. The first-order valence-corrected chi connectivity index (χ1v) is 8.23. The molecular weight excluding hydrogens is 232 g/mol. The van der Waals surface area contributed by atoms with Gasteiger partial charge in [-0.2, -0.15) is 0 Å². The number of hydrogen-bond acceptors (Lipinski definition) is 2. The highest BCUT2D eigenvalue weighted by molar-refractivity contribution is 4.98. The lowest BCUT2D eigenvalue weighted by atomic mass is 9.71. The molecule has 0 aromatic rings. The van der Waals surface area contributed by atoms with Gasteiger partial charge in [0, 0.05) is 19.6 Å². The molecule has 2 heterocycles. The highest BCUT2D eigenvalue weighted by Crippen LogP contribution is 2.41. The fourth-order valence-electron chi connectivity index (χ4n) is 3.60. The van der Waals surface area contributed by atoms with Crippen LogP contribution < -0.4 is 0 Å². The normalized spacial score (nSPS) is 24.9. The summed E-state index contributed by atoms with van der Waals surface area (Å²) in [5.41, 5.74) is 1.19. The van der Waals surface area contributed by atoms with Gasteiger partial charge in [0.15, 0.2) is 0 Å². The summed E-state index contributed by atoms with van der Waals surface area (Å²) in [6.07, 6.45) is 4.21. The van der Waals surface area contributed by atoms with E-state index in [1.807, 2.05) is 0 Å². The summed E-state index contributed by atoms with van der Waals surface area (Å²) in [7, 11) is 0. The van der Waals surface area contributed by atoms with Gasteiger partial charge in [-0.15, -0.1) is 0 Å². The summed E-state index contributed by atoms with van der Waals surface area (Å²) in [5, 5.41) is 0. The topological polar surface area (TPSA) is 6.48 Å². The van der Waals surface area contributed by atoms with Crippen LogP contribution in [0, 0.1) is 16.7 Å². The molecular formula is C17H34N2. The molecule has 1 spiro atoms. The Kier molecular flexibility index (Phi) is 4.62. The van der Waals surface area contributed by atoms with Gasteiger partial charge in [-0.25, -0.2) is 0 Å². The smallest absolute Gasteiger partial charge is 0.00514 e. The zero-order chi connectivity index (χ0) is 14.1. The third-order valence-corrected chi connectivity index (χ3v) is 4.84. The lowest BCUT2D eigenvalue weighted by Gasteiger charge is -2.54. The predicted molar refractivity (Wildman–Crippen MR) is 83.5 cm³/mol. The fourth-order valence-corrected chi connectivity index (χ4v) is 3.60. The molecule has 0 radical (unpaired) electrons. The van der Waals surface area contributed by atoms with Crippen molar-refractivity contribution in [2.45, 2.75) is 53.9 Å². The molecule has 2 saturated heterocycles. The van der Waals surface area contributed by atoms with Crippen molar-refractivity contribution in [3.63, 3.8) is 0 Å². The van der Waals surface area contributed by atoms with Crippen LogP contribution in [0.25, 0.3) is 0 Å². The number of nitrogens with zero attached hydrogens (tertiary/aromatic N) is 2. The Balaban J connectivity index is 1.66. The molecule has 0 unspecified atom stereocenters. The summed E-state index contributed by atoms with van der Waals surface area (Å²) in [6.45, 7) is 19.8. The maximum Gasteiger partial charge on any atom is 0.00514 e. The molecule has 2 nitrogen and oxygen atoms in total. The molecule has 2 fully saturated rings.